The molecular formula is C12H14O3. The fourth-order valence-electron chi connectivity index (χ4n) is 1.22. The van der Waals surface area contributed by atoms with Crippen molar-refractivity contribution >= 4 is 5.78 Å². The molecule has 1 unspecified atom stereocenters. The molecule has 1 aromatic rings. The molecule has 0 fully saturated rings. The van der Waals surface area contributed by atoms with Gasteiger partial charge in [-0.1, -0.05) is 36.4 Å². The normalized spacial score (nSPS) is 13.7. The van der Waals surface area contributed by atoms with Crippen molar-refractivity contribution in [2.75, 3.05) is 6.61 Å². The Morgan fingerprint density at radius 3 is 2.53 bits per heavy atom. The third-order valence-electron chi connectivity index (χ3n) is 2.15. The summed E-state index contributed by atoms with van der Waals surface area (Å²) in [6.07, 6.45) is 0.255. The Kier molecular flexibility index (Phi) is 4.21. The Morgan fingerprint density at radius 1 is 1.40 bits per heavy atom. The molecule has 2 N–H and O–H groups in total. The van der Waals surface area contributed by atoms with Gasteiger partial charge in [0.2, 0.25) is 0 Å². The van der Waals surface area contributed by atoms with Crippen molar-refractivity contribution in [3.05, 3.63) is 47.5 Å². The van der Waals surface area contributed by atoms with Gasteiger partial charge in [0.25, 0.3) is 0 Å². The van der Waals surface area contributed by atoms with Crippen LogP contribution in [0.4, 0.5) is 0 Å². The zero-order chi connectivity index (χ0) is 11.3. The molecule has 3 heteroatoms. The lowest BCUT2D eigenvalue weighted by Crippen LogP contribution is -2.21. The van der Waals surface area contributed by atoms with Crippen LogP contribution in [-0.2, 0) is 0 Å². The molecule has 0 heterocycles. The van der Waals surface area contributed by atoms with Crippen molar-refractivity contribution < 1.29 is 15.0 Å². The summed E-state index contributed by atoms with van der Waals surface area (Å²) in [6, 6.07) is 8.59. The summed E-state index contributed by atoms with van der Waals surface area (Å²) in [7, 11) is 0. The quantitative estimate of drug-likeness (QED) is 0.574. The van der Waals surface area contributed by atoms with E-state index in [1.165, 1.54) is 6.08 Å². The van der Waals surface area contributed by atoms with Crippen LogP contribution in [0, 0.1) is 0 Å². The zero-order valence-corrected chi connectivity index (χ0v) is 8.55. The molecule has 0 radical (unpaired) electrons. The van der Waals surface area contributed by atoms with Crippen LogP contribution in [0.25, 0.3) is 0 Å². The average molecular weight is 206 g/mol. The van der Waals surface area contributed by atoms with Gasteiger partial charge in [0.1, 0.15) is 6.10 Å². The van der Waals surface area contributed by atoms with Crippen molar-refractivity contribution in [1.82, 2.24) is 0 Å². The SMILES string of the molecule is CC(=CCO)C(O)C(=O)c1ccccc1. The van der Waals surface area contributed by atoms with Gasteiger partial charge in [0.15, 0.2) is 5.78 Å². The van der Waals surface area contributed by atoms with Gasteiger partial charge in [-0.05, 0) is 12.5 Å². The van der Waals surface area contributed by atoms with Crippen molar-refractivity contribution in [2.24, 2.45) is 0 Å². The molecule has 1 rings (SSSR count). The molecule has 0 saturated carbocycles. The molecule has 80 valence electrons. The number of hydrogen-bond donors (Lipinski definition) is 2. The molecule has 1 aromatic carbocycles. The summed E-state index contributed by atoms with van der Waals surface area (Å²) in [6.45, 7) is 1.44. The molecule has 0 amide bonds. The van der Waals surface area contributed by atoms with Crippen LogP contribution in [0.15, 0.2) is 42.0 Å². The van der Waals surface area contributed by atoms with E-state index in [0.717, 1.165) is 0 Å². The fraction of sp³-hybridized carbons (Fsp3) is 0.250. The van der Waals surface area contributed by atoms with E-state index in [1.54, 1.807) is 37.3 Å². The number of rotatable bonds is 4. The van der Waals surface area contributed by atoms with Crippen molar-refractivity contribution in [3.63, 3.8) is 0 Å². The van der Waals surface area contributed by atoms with Crippen LogP contribution < -0.4 is 0 Å². The molecule has 0 saturated heterocycles. The second-order valence-electron chi connectivity index (χ2n) is 3.26. The Balaban J connectivity index is 2.82. The summed E-state index contributed by atoms with van der Waals surface area (Å²) in [5.74, 6) is -0.349. The molecule has 0 spiro atoms. The van der Waals surface area contributed by atoms with Crippen molar-refractivity contribution in [1.29, 1.82) is 0 Å². The fourth-order valence-corrected chi connectivity index (χ4v) is 1.22. The zero-order valence-electron chi connectivity index (χ0n) is 8.55. The lowest BCUT2D eigenvalue weighted by Gasteiger charge is -2.09. The van der Waals surface area contributed by atoms with Gasteiger partial charge >= 0.3 is 0 Å². The van der Waals surface area contributed by atoms with E-state index in [-0.39, 0.29) is 12.4 Å². The van der Waals surface area contributed by atoms with E-state index < -0.39 is 6.10 Å². The largest absolute Gasteiger partial charge is 0.392 e. The summed E-state index contributed by atoms with van der Waals surface area (Å²) in [4.78, 5) is 11.7. The highest BCUT2D eigenvalue weighted by atomic mass is 16.3. The molecule has 0 aliphatic rings. The molecule has 0 aromatic heterocycles. The highest BCUT2D eigenvalue weighted by Crippen LogP contribution is 2.09. The maximum absolute atomic E-state index is 11.7. The number of aliphatic hydroxyl groups is 2. The number of carbonyl (C=O) groups is 1. The van der Waals surface area contributed by atoms with Crippen LogP contribution in [0.3, 0.4) is 0 Å². The van der Waals surface area contributed by atoms with Gasteiger partial charge < -0.3 is 10.2 Å². The Labute approximate surface area is 88.7 Å². The topological polar surface area (TPSA) is 57.5 Å². The first kappa shape index (κ1) is 11.6. The average Bonchev–Trinajstić information content (AvgIpc) is 2.28. The van der Waals surface area contributed by atoms with Gasteiger partial charge in [-0.25, -0.2) is 0 Å². The van der Waals surface area contributed by atoms with E-state index in [9.17, 15) is 9.90 Å². The smallest absolute Gasteiger partial charge is 0.195 e. The van der Waals surface area contributed by atoms with Gasteiger partial charge in [-0.15, -0.1) is 0 Å². The van der Waals surface area contributed by atoms with E-state index >= 15 is 0 Å². The summed E-state index contributed by atoms with van der Waals surface area (Å²) in [5, 5.41) is 18.3. The van der Waals surface area contributed by atoms with Crippen LogP contribution in [0.5, 0.6) is 0 Å². The molecule has 1 atom stereocenters. The van der Waals surface area contributed by atoms with E-state index in [1.807, 2.05) is 0 Å². The van der Waals surface area contributed by atoms with Crippen LogP contribution in [0.2, 0.25) is 0 Å². The maximum atomic E-state index is 11.7. The summed E-state index contributed by atoms with van der Waals surface area (Å²) in [5.41, 5.74) is 0.932. The Morgan fingerprint density at radius 2 is 2.00 bits per heavy atom. The van der Waals surface area contributed by atoms with Gasteiger partial charge in [0, 0.05) is 5.56 Å². The Bertz CT molecular complexity index is 354. The molecule has 0 bridgehead atoms. The van der Waals surface area contributed by atoms with Gasteiger partial charge in [0.05, 0.1) is 6.61 Å². The lowest BCUT2D eigenvalue weighted by atomic mass is 10.0. The molecular weight excluding hydrogens is 192 g/mol. The molecule has 3 nitrogen and oxygen atoms in total. The predicted molar refractivity (Wildman–Crippen MR) is 57.6 cm³/mol. The number of Topliss-reactive ketones (excluding diaryl/α,β-unsaturated/α-hetero) is 1. The maximum Gasteiger partial charge on any atom is 0.195 e. The first-order chi connectivity index (χ1) is 7.16. The third-order valence-corrected chi connectivity index (χ3v) is 2.15. The standard InChI is InChI=1S/C12H14O3/c1-9(7-8-13)11(14)12(15)10-5-3-2-4-6-10/h2-7,11,13-14H,8H2,1H3. The third kappa shape index (κ3) is 3.01. The second-order valence-corrected chi connectivity index (χ2v) is 3.26. The van der Waals surface area contributed by atoms with Crippen LogP contribution >= 0.6 is 0 Å². The monoisotopic (exact) mass is 206 g/mol. The van der Waals surface area contributed by atoms with Crippen molar-refractivity contribution in [2.45, 2.75) is 13.0 Å². The first-order valence-electron chi connectivity index (χ1n) is 4.71. The molecule has 0 aliphatic carbocycles. The van der Waals surface area contributed by atoms with E-state index in [0.29, 0.717) is 11.1 Å². The minimum absolute atomic E-state index is 0.176. The number of benzene rings is 1. The number of hydrogen-bond acceptors (Lipinski definition) is 3. The minimum atomic E-state index is -1.17. The number of ketones is 1. The van der Waals surface area contributed by atoms with Crippen LogP contribution in [0.1, 0.15) is 17.3 Å². The predicted octanol–water partition coefficient (Wildman–Crippen LogP) is 1.17. The lowest BCUT2D eigenvalue weighted by molar-refractivity contribution is 0.0804. The molecule has 0 aliphatic heterocycles. The van der Waals surface area contributed by atoms with E-state index in [2.05, 4.69) is 0 Å². The highest BCUT2D eigenvalue weighted by Gasteiger charge is 2.17. The summed E-state index contributed by atoms with van der Waals surface area (Å²) >= 11 is 0. The number of aliphatic hydroxyl groups excluding tert-OH is 2. The minimum Gasteiger partial charge on any atom is -0.392 e. The second kappa shape index (κ2) is 5.44. The van der Waals surface area contributed by atoms with Crippen molar-refractivity contribution in [3.8, 4) is 0 Å². The van der Waals surface area contributed by atoms with E-state index in [4.69, 9.17) is 5.11 Å². The van der Waals surface area contributed by atoms with Gasteiger partial charge in [-0.3, -0.25) is 4.79 Å². The van der Waals surface area contributed by atoms with Gasteiger partial charge in [-0.2, -0.15) is 0 Å². The summed E-state index contributed by atoms with van der Waals surface area (Å²) < 4.78 is 0. The van der Waals surface area contributed by atoms with Crippen LogP contribution in [-0.4, -0.2) is 28.7 Å². The highest BCUT2D eigenvalue weighted by molar-refractivity contribution is 6.01. The first-order valence-corrected chi connectivity index (χ1v) is 4.71. The Hall–Kier alpha value is -1.45. The number of carbonyl (C=O) groups excluding carboxylic acids is 1. The molecule has 15 heavy (non-hydrogen) atoms.